The number of piperidine rings is 1. The Labute approximate surface area is 240 Å². The molecule has 0 aliphatic carbocycles. The van der Waals surface area contributed by atoms with Gasteiger partial charge in [-0.2, -0.15) is 5.26 Å². The summed E-state index contributed by atoms with van der Waals surface area (Å²) >= 11 is 1.21. The van der Waals surface area contributed by atoms with E-state index in [4.69, 9.17) is 10.00 Å². The van der Waals surface area contributed by atoms with Crippen LogP contribution in [0.1, 0.15) is 34.5 Å². The Morgan fingerprint density at radius 1 is 1.17 bits per heavy atom. The normalized spacial score (nSPS) is 16.2. The zero-order valence-electron chi connectivity index (χ0n) is 22.2. The maximum absolute atomic E-state index is 13.5. The zero-order chi connectivity index (χ0) is 28.5. The van der Waals surface area contributed by atoms with E-state index in [1.54, 1.807) is 22.1 Å². The van der Waals surface area contributed by atoms with Crippen LogP contribution in [0.15, 0.2) is 60.8 Å². The summed E-state index contributed by atoms with van der Waals surface area (Å²) in [5.74, 6) is 0.801. The number of pyridine rings is 1. The van der Waals surface area contributed by atoms with Crippen LogP contribution < -0.4 is 20.3 Å². The van der Waals surface area contributed by atoms with E-state index in [1.165, 1.54) is 11.3 Å². The summed E-state index contributed by atoms with van der Waals surface area (Å²) in [5.41, 5.74) is 2.59. The number of hydrogen-bond acceptors (Lipinski definition) is 7. The van der Waals surface area contributed by atoms with E-state index >= 15 is 0 Å². The summed E-state index contributed by atoms with van der Waals surface area (Å²) < 4.78 is 5.96. The molecule has 2 aromatic carbocycles. The van der Waals surface area contributed by atoms with Crippen molar-refractivity contribution in [1.82, 2.24) is 15.2 Å². The fourth-order valence-corrected chi connectivity index (χ4v) is 6.32. The van der Waals surface area contributed by atoms with Crippen LogP contribution in [0, 0.1) is 18.3 Å². The van der Waals surface area contributed by atoms with E-state index in [-0.39, 0.29) is 30.3 Å². The first-order chi connectivity index (χ1) is 19.9. The van der Waals surface area contributed by atoms with Crippen LogP contribution in [-0.2, 0) is 4.79 Å². The molecule has 4 aromatic rings. The van der Waals surface area contributed by atoms with Gasteiger partial charge in [0.1, 0.15) is 27.6 Å². The number of thiophene rings is 1. The Hall–Kier alpha value is -4.95. The predicted molar refractivity (Wildman–Crippen MR) is 156 cm³/mol. The van der Waals surface area contributed by atoms with Gasteiger partial charge in [-0.3, -0.25) is 14.5 Å². The Bertz CT molecular complexity index is 1710. The van der Waals surface area contributed by atoms with Crippen molar-refractivity contribution in [3.8, 4) is 17.6 Å². The number of carbonyl (C=O) groups is 3. The summed E-state index contributed by atoms with van der Waals surface area (Å²) in [7, 11) is 0. The lowest BCUT2D eigenvalue weighted by Gasteiger charge is -2.33. The number of urea groups is 1. The molecule has 0 bridgehead atoms. The van der Waals surface area contributed by atoms with Gasteiger partial charge in [-0.05, 0) is 61.7 Å². The van der Waals surface area contributed by atoms with Crippen molar-refractivity contribution in [3.05, 3.63) is 71.2 Å². The molecule has 1 saturated heterocycles. The van der Waals surface area contributed by atoms with E-state index in [2.05, 4.69) is 15.6 Å². The highest BCUT2D eigenvalue weighted by atomic mass is 32.1. The maximum atomic E-state index is 13.5. The van der Waals surface area contributed by atoms with Gasteiger partial charge in [0.15, 0.2) is 0 Å². The van der Waals surface area contributed by atoms with Crippen molar-refractivity contribution in [2.45, 2.75) is 32.2 Å². The van der Waals surface area contributed by atoms with Gasteiger partial charge >= 0.3 is 6.03 Å². The molecule has 11 heteroatoms. The Morgan fingerprint density at radius 3 is 2.78 bits per heavy atom. The third kappa shape index (κ3) is 5.05. The standard InChI is InChI=1S/C30H26N6O4S/c1-18-16-21(40-20-7-3-2-4-8-20)9-10-22(18)36-23-12-14-32-29-25(23)26(34-30(36)39)27(41-29)28(38)33-19-6-5-15-35(17-19)24(37)11-13-31/h2-4,7-10,12,14,16,19H,5-6,11,15,17H2,1H3,(H,33,38)(H,34,39)/t19-/m0/s1. The number of hydrogen-bond donors (Lipinski definition) is 2. The lowest BCUT2D eigenvalue weighted by atomic mass is 10.0. The van der Waals surface area contributed by atoms with Gasteiger partial charge in [0.2, 0.25) is 5.91 Å². The highest BCUT2D eigenvalue weighted by Gasteiger charge is 2.34. The van der Waals surface area contributed by atoms with Crippen LogP contribution in [-0.4, -0.2) is 46.9 Å². The maximum Gasteiger partial charge on any atom is 0.331 e. The number of likely N-dealkylation sites (tertiary alicyclic amines) is 1. The number of anilines is 3. The van der Waals surface area contributed by atoms with Gasteiger partial charge in [0.05, 0.1) is 28.5 Å². The number of nitrogens with one attached hydrogen (secondary N) is 2. The second-order valence-corrected chi connectivity index (χ2v) is 10.9. The van der Waals surface area contributed by atoms with Crippen LogP contribution in [0.4, 0.5) is 21.9 Å². The van der Waals surface area contributed by atoms with Gasteiger partial charge in [-0.1, -0.05) is 18.2 Å². The summed E-state index contributed by atoms with van der Waals surface area (Å²) in [6.45, 7) is 2.83. The Balaban J connectivity index is 1.27. The molecule has 2 aliphatic rings. The summed E-state index contributed by atoms with van der Waals surface area (Å²) in [5, 5.41) is 15.5. The molecular formula is C30H26N6O4S. The summed E-state index contributed by atoms with van der Waals surface area (Å²) in [4.78, 5) is 47.8. The molecule has 0 saturated carbocycles. The minimum Gasteiger partial charge on any atom is -0.457 e. The molecule has 0 radical (unpaired) electrons. The van der Waals surface area contributed by atoms with Crippen molar-refractivity contribution in [2.24, 2.45) is 0 Å². The molecule has 2 aliphatic heterocycles. The topological polar surface area (TPSA) is 128 Å². The van der Waals surface area contributed by atoms with Crippen molar-refractivity contribution >= 4 is 56.5 Å². The molecule has 0 spiro atoms. The van der Waals surface area contributed by atoms with Crippen LogP contribution in [0.3, 0.4) is 0 Å². The zero-order valence-corrected chi connectivity index (χ0v) is 23.0. The van der Waals surface area contributed by atoms with E-state index < -0.39 is 0 Å². The van der Waals surface area contributed by atoms with Crippen LogP contribution in [0.5, 0.6) is 11.5 Å². The number of rotatable bonds is 6. The second-order valence-electron chi connectivity index (χ2n) is 9.93. The molecule has 6 rings (SSSR count). The molecule has 2 aromatic heterocycles. The number of nitriles is 1. The lowest BCUT2D eigenvalue weighted by molar-refractivity contribution is -0.131. The number of nitrogens with zero attached hydrogens (tertiary/aromatic N) is 4. The van der Waals surface area contributed by atoms with Crippen molar-refractivity contribution in [3.63, 3.8) is 0 Å². The van der Waals surface area contributed by atoms with Crippen LogP contribution in [0.2, 0.25) is 0 Å². The largest absolute Gasteiger partial charge is 0.457 e. The van der Waals surface area contributed by atoms with E-state index in [0.29, 0.717) is 51.0 Å². The number of aryl methyl sites for hydroxylation is 1. The Kier molecular flexibility index (Phi) is 6.99. The smallest absolute Gasteiger partial charge is 0.331 e. The number of para-hydroxylation sites is 1. The van der Waals surface area contributed by atoms with Gasteiger partial charge in [-0.15, -0.1) is 11.3 Å². The first-order valence-corrected chi connectivity index (χ1v) is 14.1. The van der Waals surface area contributed by atoms with Gasteiger partial charge < -0.3 is 20.3 Å². The first kappa shape index (κ1) is 26.3. The third-order valence-corrected chi connectivity index (χ3v) is 8.28. The minimum atomic E-state index is -0.386. The second kappa shape index (κ2) is 10.9. The number of carbonyl (C=O) groups excluding carboxylic acids is 3. The van der Waals surface area contributed by atoms with E-state index in [1.807, 2.05) is 61.5 Å². The molecule has 2 N–H and O–H groups in total. The molecule has 41 heavy (non-hydrogen) atoms. The van der Waals surface area contributed by atoms with Crippen LogP contribution in [0.25, 0.3) is 10.2 Å². The van der Waals surface area contributed by atoms with Crippen molar-refractivity contribution < 1.29 is 19.1 Å². The molecule has 206 valence electrons. The fraction of sp³-hybridized carbons (Fsp3) is 0.233. The number of aromatic nitrogens is 1. The number of benzene rings is 2. The number of ether oxygens (including phenoxy) is 1. The predicted octanol–water partition coefficient (Wildman–Crippen LogP) is 5.72. The summed E-state index contributed by atoms with van der Waals surface area (Å²) in [6.07, 6.45) is 2.90. The van der Waals surface area contributed by atoms with E-state index in [0.717, 1.165) is 24.2 Å². The lowest BCUT2D eigenvalue weighted by Crippen LogP contribution is -2.49. The quantitative estimate of drug-likeness (QED) is 0.308. The number of amides is 4. The highest BCUT2D eigenvalue weighted by Crippen LogP contribution is 2.46. The van der Waals surface area contributed by atoms with Crippen molar-refractivity contribution in [1.29, 1.82) is 5.26 Å². The average Bonchev–Trinajstić information content (AvgIpc) is 3.34. The first-order valence-electron chi connectivity index (χ1n) is 13.2. The molecule has 1 fully saturated rings. The van der Waals surface area contributed by atoms with Crippen LogP contribution >= 0.6 is 11.3 Å². The minimum absolute atomic E-state index is 0.180. The van der Waals surface area contributed by atoms with Gasteiger partial charge in [0.25, 0.3) is 5.91 Å². The van der Waals surface area contributed by atoms with Gasteiger partial charge in [-0.25, -0.2) is 9.78 Å². The average molecular weight is 567 g/mol. The molecule has 10 nitrogen and oxygen atoms in total. The van der Waals surface area contributed by atoms with Crippen molar-refractivity contribution in [2.75, 3.05) is 23.3 Å². The summed E-state index contributed by atoms with van der Waals surface area (Å²) in [6, 6.07) is 18.0. The molecule has 0 unspecified atom stereocenters. The monoisotopic (exact) mass is 566 g/mol. The molecule has 4 heterocycles. The van der Waals surface area contributed by atoms with Gasteiger partial charge in [0, 0.05) is 25.3 Å². The SMILES string of the molecule is Cc1cc(Oc2ccccc2)ccc1N1C(=O)Nc2c(C(=O)N[C@H]3CCCN(C(=O)CC#N)C3)sc3nccc1c23. The third-order valence-electron chi connectivity index (χ3n) is 7.18. The van der Waals surface area contributed by atoms with E-state index in [9.17, 15) is 14.4 Å². The molecule has 4 amide bonds. The molecule has 1 atom stereocenters. The highest BCUT2D eigenvalue weighted by molar-refractivity contribution is 7.21. The molecular weight excluding hydrogens is 540 g/mol. The Morgan fingerprint density at radius 2 is 2.00 bits per heavy atom. The fourth-order valence-electron chi connectivity index (χ4n) is 5.30.